The summed E-state index contributed by atoms with van der Waals surface area (Å²) < 4.78 is 12.0. The fourth-order valence-electron chi connectivity index (χ4n) is 3.39. The van der Waals surface area contributed by atoms with E-state index in [9.17, 15) is 4.79 Å². The molecule has 1 aromatic rings. The number of fused-ring (bicyclic) bond motifs is 1. The molecule has 22 heavy (non-hydrogen) atoms. The third kappa shape index (κ3) is 3.53. The predicted octanol–water partition coefficient (Wildman–Crippen LogP) is 2.72. The van der Waals surface area contributed by atoms with Crippen molar-refractivity contribution in [2.45, 2.75) is 51.4 Å². The Hall–Kier alpha value is -0.910. The minimum absolute atomic E-state index is 0.0546. The fourth-order valence-corrected chi connectivity index (χ4v) is 4.06. The molecule has 3 atom stereocenters. The first-order chi connectivity index (χ1) is 10.6. The number of morpholine rings is 1. The van der Waals surface area contributed by atoms with Crippen LogP contribution in [0.4, 0.5) is 0 Å². The number of rotatable bonds is 5. The lowest BCUT2D eigenvalue weighted by Gasteiger charge is -2.39. The Morgan fingerprint density at radius 3 is 3.09 bits per heavy atom. The van der Waals surface area contributed by atoms with E-state index in [1.54, 1.807) is 11.3 Å². The second-order valence-electron chi connectivity index (χ2n) is 6.64. The summed E-state index contributed by atoms with van der Waals surface area (Å²) in [6.45, 7) is 6.41. The lowest BCUT2D eigenvalue weighted by Crippen LogP contribution is -2.54. The van der Waals surface area contributed by atoms with Crippen LogP contribution in [0.15, 0.2) is 16.8 Å². The SMILES string of the molecule is CC(C)CO[C@@H]1CC[C@H]2[C@H]1OCCN2C(=O)Cc1ccsc1. The van der Waals surface area contributed by atoms with E-state index in [4.69, 9.17) is 9.47 Å². The van der Waals surface area contributed by atoms with Crippen molar-refractivity contribution in [1.82, 2.24) is 4.90 Å². The highest BCUT2D eigenvalue weighted by Gasteiger charge is 2.44. The van der Waals surface area contributed by atoms with Gasteiger partial charge in [0.1, 0.15) is 6.10 Å². The predicted molar refractivity (Wildman–Crippen MR) is 87.1 cm³/mol. The highest BCUT2D eigenvalue weighted by Crippen LogP contribution is 2.32. The van der Waals surface area contributed by atoms with E-state index < -0.39 is 0 Å². The van der Waals surface area contributed by atoms with Gasteiger partial charge in [-0.1, -0.05) is 13.8 Å². The molecule has 2 fully saturated rings. The second-order valence-corrected chi connectivity index (χ2v) is 7.42. The van der Waals surface area contributed by atoms with Gasteiger partial charge < -0.3 is 14.4 Å². The normalized spacial score (nSPS) is 28.1. The molecule has 1 aromatic heterocycles. The van der Waals surface area contributed by atoms with Crippen LogP contribution in [0.1, 0.15) is 32.3 Å². The Kier molecular flexibility index (Phi) is 5.16. The van der Waals surface area contributed by atoms with Crippen LogP contribution in [-0.2, 0) is 20.7 Å². The van der Waals surface area contributed by atoms with E-state index in [0.29, 0.717) is 25.5 Å². The molecule has 1 amide bonds. The largest absolute Gasteiger partial charge is 0.375 e. The summed E-state index contributed by atoms with van der Waals surface area (Å²) in [6.07, 6.45) is 2.68. The number of hydrogen-bond donors (Lipinski definition) is 0. The number of nitrogens with zero attached hydrogens (tertiary/aromatic N) is 1. The number of hydrogen-bond acceptors (Lipinski definition) is 4. The van der Waals surface area contributed by atoms with Gasteiger partial charge in [0.2, 0.25) is 5.91 Å². The molecule has 2 heterocycles. The van der Waals surface area contributed by atoms with E-state index in [2.05, 4.69) is 19.2 Å². The van der Waals surface area contributed by atoms with Crippen molar-refractivity contribution in [3.63, 3.8) is 0 Å². The summed E-state index contributed by atoms with van der Waals surface area (Å²) in [7, 11) is 0. The van der Waals surface area contributed by atoms with Crippen molar-refractivity contribution < 1.29 is 14.3 Å². The molecule has 5 heteroatoms. The molecule has 0 bridgehead atoms. The zero-order chi connectivity index (χ0) is 15.5. The number of amides is 1. The molecule has 0 radical (unpaired) electrons. The van der Waals surface area contributed by atoms with Gasteiger partial charge in [-0.15, -0.1) is 0 Å². The number of carbonyl (C=O) groups excluding carboxylic acids is 1. The smallest absolute Gasteiger partial charge is 0.227 e. The quantitative estimate of drug-likeness (QED) is 0.836. The van der Waals surface area contributed by atoms with Gasteiger partial charge in [-0.25, -0.2) is 0 Å². The van der Waals surface area contributed by atoms with E-state index in [-0.39, 0.29) is 24.2 Å². The van der Waals surface area contributed by atoms with Gasteiger partial charge in [0.15, 0.2) is 0 Å². The molecular formula is C17H25NO3S. The highest BCUT2D eigenvalue weighted by molar-refractivity contribution is 7.07. The molecule has 4 nitrogen and oxygen atoms in total. The van der Waals surface area contributed by atoms with E-state index in [0.717, 1.165) is 25.0 Å². The lowest BCUT2D eigenvalue weighted by molar-refractivity contribution is -0.151. The first kappa shape index (κ1) is 16.0. The lowest BCUT2D eigenvalue weighted by atomic mass is 10.1. The van der Waals surface area contributed by atoms with Crippen molar-refractivity contribution in [1.29, 1.82) is 0 Å². The van der Waals surface area contributed by atoms with Crippen molar-refractivity contribution in [2.75, 3.05) is 19.8 Å². The van der Waals surface area contributed by atoms with E-state index >= 15 is 0 Å². The topological polar surface area (TPSA) is 38.8 Å². The molecule has 1 saturated heterocycles. The Morgan fingerprint density at radius 2 is 2.36 bits per heavy atom. The molecule has 0 spiro atoms. The highest BCUT2D eigenvalue weighted by atomic mass is 32.1. The van der Waals surface area contributed by atoms with Crippen molar-refractivity contribution in [3.8, 4) is 0 Å². The van der Waals surface area contributed by atoms with Crippen LogP contribution in [0.5, 0.6) is 0 Å². The molecule has 0 unspecified atom stereocenters. The summed E-state index contributed by atoms with van der Waals surface area (Å²) >= 11 is 1.64. The summed E-state index contributed by atoms with van der Waals surface area (Å²) in [5.41, 5.74) is 1.11. The molecular weight excluding hydrogens is 298 g/mol. The molecule has 0 N–H and O–H groups in total. The zero-order valence-electron chi connectivity index (χ0n) is 13.4. The Morgan fingerprint density at radius 1 is 1.50 bits per heavy atom. The van der Waals surface area contributed by atoms with Crippen LogP contribution >= 0.6 is 11.3 Å². The number of thiophene rings is 1. The maximum atomic E-state index is 12.6. The van der Waals surface area contributed by atoms with Gasteiger partial charge in [0, 0.05) is 13.2 Å². The molecule has 1 aliphatic carbocycles. The van der Waals surface area contributed by atoms with Crippen molar-refractivity contribution in [3.05, 3.63) is 22.4 Å². The maximum absolute atomic E-state index is 12.6. The summed E-state index contributed by atoms with van der Waals surface area (Å²) in [4.78, 5) is 14.6. The summed E-state index contributed by atoms with van der Waals surface area (Å²) in [5.74, 6) is 0.750. The Balaban J connectivity index is 1.61. The molecule has 122 valence electrons. The summed E-state index contributed by atoms with van der Waals surface area (Å²) in [5, 5.41) is 4.08. The molecule has 3 rings (SSSR count). The van der Waals surface area contributed by atoms with Gasteiger partial charge in [-0.2, -0.15) is 11.3 Å². The minimum atomic E-state index is 0.0546. The van der Waals surface area contributed by atoms with Gasteiger partial charge in [-0.05, 0) is 41.1 Å². The average Bonchev–Trinajstić information content (AvgIpc) is 3.13. The first-order valence-electron chi connectivity index (χ1n) is 8.19. The maximum Gasteiger partial charge on any atom is 0.227 e. The van der Waals surface area contributed by atoms with Crippen molar-refractivity contribution >= 4 is 17.2 Å². The van der Waals surface area contributed by atoms with Gasteiger partial charge in [-0.3, -0.25) is 4.79 Å². The van der Waals surface area contributed by atoms with Crippen LogP contribution in [0, 0.1) is 5.92 Å². The van der Waals surface area contributed by atoms with E-state index in [1.807, 2.05) is 16.3 Å². The molecule has 2 aliphatic rings. The fraction of sp³-hybridized carbons (Fsp3) is 0.706. The van der Waals surface area contributed by atoms with Gasteiger partial charge in [0.25, 0.3) is 0 Å². The Labute approximate surface area is 136 Å². The monoisotopic (exact) mass is 323 g/mol. The summed E-state index contributed by atoms with van der Waals surface area (Å²) in [6, 6.07) is 2.22. The third-order valence-corrected chi connectivity index (χ3v) is 5.17. The molecule has 1 saturated carbocycles. The van der Waals surface area contributed by atoms with Gasteiger partial charge in [0.05, 0.1) is 25.2 Å². The van der Waals surface area contributed by atoms with Gasteiger partial charge >= 0.3 is 0 Å². The van der Waals surface area contributed by atoms with Crippen LogP contribution in [0.25, 0.3) is 0 Å². The zero-order valence-corrected chi connectivity index (χ0v) is 14.2. The second kappa shape index (κ2) is 7.11. The molecule has 0 aromatic carbocycles. The van der Waals surface area contributed by atoms with Crippen LogP contribution < -0.4 is 0 Å². The van der Waals surface area contributed by atoms with Crippen molar-refractivity contribution in [2.24, 2.45) is 5.92 Å². The third-order valence-electron chi connectivity index (χ3n) is 4.43. The Bertz CT molecular complexity index is 488. The first-order valence-corrected chi connectivity index (χ1v) is 9.13. The van der Waals surface area contributed by atoms with Crippen LogP contribution in [0.2, 0.25) is 0 Å². The number of carbonyl (C=O) groups is 1. The minimum Gasteiger partial charge on any atom is -0.375 e. The average molecular weight is 323 g/mol. The van der Waals surface area contributed by atoms with Crippen LogP contribution in [0.3, 0.4) is 0 Å². The standard InChI is InChI=1S/C17H25NO3S/c1-12(2)10-21-15-4-3-14-17(15)20-7-6-18(14)16(19)9-13-5-8-22-11-13/h5,8,11-12,14-15,17H,3-4,6-7,9-10H2,1-2H3/t14-,15+,17+/m0/s1. The molecule has 1 aliphatic heterocycles. The van der Waals surface area contributed by atoms with Crippen LogP contribution in [-0.4, -0.2) is 48.8 Å². The van der Waals surface area contributed by atoms with E-state index in [1.165, 1.54) is 0 Å². The number of ether oxygens (including phenoxy) is 2.